The van der Waals surface area contributed by atoms with Crippen molar-refractivity contribution in [2.75, 3.05) is 6.30 Å². The summed E-state index contributed by atoms with van der Waals surface area (Å²) in [5.74, 6) is 0. The van der Waals surface area contributed by atoms with Crippen LogP contribution in [-0.2, 0) is 0 Å². The Hall–Kier alpha value is 0.627. The summed E-state index contributed by atoms with van der Waals surface area (Å²) in [5, 5.41) is 0. The molecule has 0 bridgehead atoms. The first kappa shape index (κ1) is 4.63. The summed E-state index contributed by atoms with van der Waals surface area (Å²) in [7, 11) is 0.286. The SMILES string of the molecule is FC[Si]Br. The molecular formula is CH2BrFSi. The van der Waals surface area contributed by atoms with E-state index in [4.69, 9.17) is 0 Å². The number of alkyl halides is 1. The van der Waals surface area contributed by atoms with E-state index >= 15 is 0 Å². The Bertz CT molecular complexity index is 10.0. The summed E-state index contributed by atoms with van der Waals surface area (Å²) >= 11 is 2.90. The summed E-state index contributed by atoms with van der Waals surface area (Å²) in [6.45, 7) is 0. The van der Waals surface area contributed by atoms with E-state index in [1.807, 2.05) is 0 Å². The smallest absolute Gasteiger partial charge is 0.176 e. The molecule has 0 nitrogen and oxygen atoms in total. The first-order chi connectivity index (χ1) is 1.91. The van der Waals surface area contributed by atoms with Crippen LogP contribution in [0.1, 0.15) is 0 Å². The van der Waals surface area contributed by atoms with E-state index < -0.39 is 0 Å². The molecule has 0 amide bonds. The van der Waals surface area contributed by atoms with Gasteiger partial charge in [-0.25, -0.2) is 0 Å². The van der Waals surface area contributed by atoms with Crippen LogP contribution in [0.25, 0.3) is 0 Å². The Morgan fingerprint density at radius 2 is 2.25 bits per heavy atom. The summed E-state index contributed by atoms with van der Waals surface area (Å²) in [4.78, 5) is 0. The fraction of sp³-hybridized carbons (Fsp3) is 1.00. The van der Waals surface area contributed by atoms with Gasteiger partial charge in [0.2, 0.25) is 0 Å². The monoisotopic (exact) mass is 140 g/mol. The highest BCUT2D eigenvalue weighted by Gasteiger charge is 1.67. The van der Waals surface area contributed by atoms with E-state index in [2.05, 4.69) is 15.3 Å². The van der Waals surface area contributed by atoms with Gasteiger partial charge in [0.05, 0.1) is 6.30 Å². The van der Waals surface area contributed by atoms with Crippen molar-refractivity contribution in [2.45, 2.75) is 0 Å². The van der Waals surface area contributed by atoms with E-state index in [-0.39, 0.29) is 14.4 Å². The van der Waals surface area contributed by atoms with Crippen molar-refractivity contribution in [3.05, 3.63) is 0 Å². The molecule has 0 heterocycles. The van der Waals surface area contributed by atoms with Gasteiger partial charge in [-0.15, -0.1) is 15.3 Å². The molecule has 0 aliphatic rings. The standard InChI is InChI=1S/CH2BrFSi/c2-4-1-3/h1H2. The van der Waals surface area contributed by atoms with Gasteiger partial charge in [0.1, 0.15) is 0 Å². The molecule has 2 radical (unpaired) electrons. The van der Waals surface area contributed by atoms with Crippen LogP contribution in [0.5, 0.6) is 0 Å². The van der Waals surface area contributed by atoms with Crippen molar-refractivity contribution in [3.8, 4) is 0 Å². The van der Waals surface area contributed by atoms with Gasteiger partial charge in [-0.1, -0.05) is 0 Å². The molecule has 4 heavy (non-hydrogen) atoms. The van der Waals surface area contributed by atoms with Gasteiger partial charge < -0.3 is 0 Å². The summed E-state index contributed by atoms with van der Waals surface area (Å²) in [6.07, 6.45) is -0.236. The van der Waals surface area contributed by atoms with Gasteiger partial charge in [-0.3, -0.25) is 4.39 Å². The predicted octanol–water partition coefficient (Wildman–Crippen LogP) is 0.927. The summed E-state index contributed by atoms with van der Waals surface area (Å²) < 4.78 is 10.7. The molecule has 0 atom stereocenters. The average molecular weight is 141 g/mol. The van der Waals surface area contributed by atoms with E-state index in [1.165, 1.54) is 0 Å². The molecule has 0 saturated heterocycles. The lowest BCUT2D eigenvalue weighted by Gasteiger charge is -1.59. The first-order valence-corrected chi connectivity index (χ1v) is 4.27. The number of halogens is 2. The largest absolute Gasteiger partial charge is 0.254 e. The zero-order valence-corrected chi connectivity index (χ0v) is 4.55. The van der Waals surface area contributed by atoms with Crippen molar-refractivity contribution in [2.24, 2.45) is 0 Å². The fourth-order valence-corrected chi connectivity index (χ4v) is 0. The third-order valence-electron chi connectivity index (χ3n) is 0.0505. The quantitative estimate of drug-likeness (QED) is 0.376. The molecule has 0 fully saturated rings. The number of hydrogen-bond donors (Lipinski definition) is 0. The molecule has 0 aliphatic heterocycles. The van der Waals surface area contributed by atoms with Crippen molar-refractivity contribution in [3.63, 3.8) is 0 Å². The summed E-state index contributed by atoms with van der Waals surface area (Å²) in [6, 6.07) is 0. The predicted molar refractivity (Wildman–Crippen MR) is 20.7 cm³/mol. The molecule has 0 aliphatic carbocycles. The van der Waals surface area contributed by atoms with Crippen LogP contribution in [0.3, 0.4) is 0 Å². The highest BCUT2D eigenvalue weighted by Crippen LogP contribution is 1.70. The minimum atomic E-state index is -0.236. The maximum absolute atomic E-state index is 10.7. The molecule has 0 spiro atoms. The molecule has 0 aromatic heterocycles. The normalized spacial score (nSPS) is 7.50. The van der Waals surface area contributed by atoms with E-state index in [0.717, 1.165) is 0 Å². The lowest BCUT2D eigenvalue weighted by molar-refractivity contribution is 0.597. The van der Waals surface area contributed by atoms with Gasteiger partial charge in [-0.05, 0) is 0 Å². The minimum Gasteiger partial charge on any atom is -0.254 e. The molecule has 0 N–H and O–H groups in total. The van der Waals surface area contributed by atoms with Crippen LogP contribution in [0.2, 0.25) is 0 Å². The molecule has 24 valence electrons. The number of rotatable bonds is 1. The van der Waals surface area contributed by atoms with Gasteiger partial charge in [0.15, 0.2) is 8.14 Å². The van der Waals surface area contributed by atoms with E-state index in [9.17, 15) is 4.39 Å². The van der Waals surface area contributed by atoms with E-state index in [1.54, 1.807) is 0 Å². The average Bonchev–Trinajstić information content (AvgIpc) is 1.37. The zero-order valence-electron chi connectivity index (χ0n) is 1.96. The Morgan fingerprint density at radius 1 is 2.00 bits per heavy atom. The van der Waals surface area contributed by atoms with Gasteiger partial charge in [0.25, 0.3) is 0 Å². The van der Waals surface area contributed by atoms with Crippen LogP contribution in [0.15, 0.2) is 0 Å². The Kier molecular flexibility index (Phi) is 4.20. The number of hydrogen-bond acceptors (Lipinski definition) is 0. The van der Waals surface area contributed by atoms with Crippen LogP contribution in [0, 0.1) is 0 Å². The highest BCUT2D eigenvalue weighted by atomic mass is 79.9. The molecule has 0 rings (SSSR count). The molecule has 0 aromatic carbocycles. The second-order valence-corrected chi connectivity index (χ2v) is 2.48. The first-order valence-electron chi connectivity index (χ1n) is 0.810. The third kappa shape index (κ3) is 2.63. The second kappa shape index (κ2) is 3.63. The topological polar surface area (TPSA) is 0 Å². The Balaban J connectivity index is 1.97. The lowest BCUT2D eigenvalue weighted by atomic mass is 11.8. The highest BCUT2D eigenvalue weighted by molar-refractivity contribution is 9.23. The Morgan fingerprint density at radius 3 is 2.25 bits per heavy atom. The van der Waals surface area contributed by atoms with Crippen LogP contribution in [-0.4, -0.2) is 14.4 Å². The van der Waals surface area contributed by atoms with Gasteiger partial charge in [0, 0.05) is 0 Å². The van der Waals surface area contributed by atoms with Crippen molar-refractivity contribution >= 4 is 23.4 Å². The van der Waals surface area contributed by atoms with E-state index in [0.29, 0.717) is 0 Å². The third-order valence-corrected chi connectivity index (χ3v) is 0.787. The fourth-order valence-electron chi connectivity index (χ4n) is 0. The maximum atomic E-state index is 10.7. The second-order valence-electron chi connectivity index (χ2n) is 0.267. The van der Waals surface area contributed by atoms with Crippen molar-refractivity contribution in [1.82, 2.24) is 0 Å². The van der Waals surface area contributed by atoms with Crippen molar-refractivity contribution in [1.29, 1.82) is 0 Å². The van der Waals surface area contributed by atoms with Gasteiger partial charge in [-0.2, -0.15) is 0 Å². The molecule has 0 aromatic rings. The molecule has 0 unspecified atom stereocenters. The lowest BCUT2D eigenvalue weighted by Crippen LogP contribution is -1.72. The van der Waals surface area contributed by atoms with Crippen molar-refractivity contribution < 1.29 is 4.39 Å². The van der Waals surface area contributed by atoms with Crippen LogP contribution in [0.4, 0.5) is 4.39 Å². The van der Waals surface area contributed by atoms with Crippen LogP contribution >= 0.6 is 15.3 Å². The Labute approximate surface area is 34.8 Å². The maximum Gasteiger partial charge on any atom is 0.176 e. The van der Waals surface area contributed by atoms with Crippen LogP contribution < -0.4 is 0 Å². The zero-order chi connectivity index (χ0) is 3.41. The molecule has 3 heteroatoms. The minimum absolute atomic E-state index is 0.236. The molecule has 0 saturated carbocycles. The molecular weight excluding hydrogens is 139 g/mol. The summed E-state index contributed by atoms with van der Waals surface area (Å²) in [5.41, 5.74) is 0. The van der Waals surface area contributed by atoms with Gasteiger partial charge >= 0.3 is 0 Å².